The van der Waals surface area contributed by atoms with Crippen molar-refractivity contribution in [3.8, 4) is 0 Å². The zero-order valence-corrected chi connectivity index (χ0v) is 19.2. The number of ether oxygens (including phenoxy) is 2. The predicted molar refractivity (Wildman–Crippen MR) is 123 cm³/mol. The number of rotatable bonds is 6. The van der Waals surface area contributed by atoms with E-state index in [4.69, 9.17) is 9.47 Å². The van der Waals surface area contributed by atoms with Crippen molar-refractivity contribution in [1.29, 1.82) is 0 Å². The molecule has 3 aromatic rings. The number of hydrogen-bond acceptors (Lipinski definition) is 6. The largest absolute Gasteiger partial charge is 0.466 e. The summed E-state index contributed by atoms with van der Waals surface area (Å²) >= 11 is 0. The van der Waals surface area contributed by atoms with Crippen LogP contribution < -0.4 is 0 Å². The van der Waals surface area contributed by atoms with Gasteiger partial charge < -0.3 is 9.47 Å². The van der Waals surface area contributed by atoms with Crippen molar-refractivity contribution in [2.45, 2.75) is 29.6 Å². The molecule has 0 N–H and O–H groups in total. The molecule has 174 valence electrons. The van der Waals surface area contributed by atoms with E-state index in [0.29, 0.717) is 11.1 Å². The van der Waals surface area contributed by atoms with Crippen LogP contribution in [0.3, 0.4) is 0 Å². The van der Waals surface area contributed by atoms with E-state index in [1.54, 1.807) is 85.8 Å². The number of benzene rings is 3. The van der Waals surface area contributed by atoms with Gasteiger partial charge in [0.25, 0.3) is 10.0 Å². The Morgan fingerprint density at radius 1 is 0.941 bits per heavy atom. The summed E-state index contributed by atoms with van der Waals surface area (Å²) in [6.07, 6.45) is -0.893. The fraction of sp³-hybridized carbons (Fsp3) is 0.231. The minimum absolute atomic E-state index is 0.0331. The van der Waals surface area contributed by atoms with E-state index in [1.807, 2.05) is 0 Å². The number of sulfonamides is 1. The number of epoxide rings is 1. The zero-order chi connectivity index (χ0) is 23.9. The molecule has 8 heteroatoms. The Morgan fingerprint density at radius 2 is 1.50 bits per heavy atom. The van der Waals surface area contributed by atoms with E-state index in [1.165, 1.54) is 12.1 Å². The van der Waals surface area contributed by atoms with Crippen LogP contribution in [-0.4, -0.2) is 37.3 Å². The normalized spacial score (nSPS) is 26.0. The number of nitrogens with zero attached hydrogens (tertiary/aromatic N) is 1. The standard InChI is InChI=1S/C26H23NO6S/c1-2-32-25(29)22-21(18-12-6-3-7-13-18)24(28)27(34(30,31)20-16-10-5-11-17-20)26(23(22)33-26)19-14-8-4-9-15-19/h3-17,21-23H,2H2,1H3/t21-,22-,23+,26+/m1/s1. The molecule has 34 heavy (non-hydrogen) atoms. The van der Waals surface area contributed by atoms with Gasteiger partial charge in [-0.05, 0) is 24.6 Å². The van der Waals surface area contributed by atoms with Crippen LogP contribution in [-0.2, 0) is 34.8 Å². The number of esters is 1. The SMILES string of the molecule is CCOC(=O)[C@@H]1[C@@H](c2ccccc2)C(=O)N(S(=O)(=O)c2ccccc2)[C@@]2(c3ccccc3)O[C@@H]12. The molecule has 2 fully saturated rings. The van der Waals surface area contributed by atoms with Crippen molar-refractivity contribution in [3.05, 3.63) is 102 Å². The summed E-state index contributed by atoms with van der Waals surface area (Å²) in [5.41, 5.74) is -0.625. The molecule has 2 aliphatic rings. The third-order valence-electron chi connectivity index (χ3n) is 6.27. The maximum absolute atomic E-state index is 14.1. The molecule has 3 aromatic carbocycles. The smallest absolute Gasteiger partial charge is 0.312 e. The molecule has 0 saturated carbocycles. The van der Waals surface area contributed by atoms with Crippen LogP contribution in [0.15, 0.2) is 95.9 Å². The first-order valence-electron chi connectivity index (χ1n) is 11.0. The van der Waals surface area contributed by atoms with Gasteiger partial charge in [-0.15, -0.1) is 0 Å². The fourth-order valence-corrected chi connectivity index (χ4v) is 6.46. The van der Waals surface area contributed by atoms with E-state index < -0.39 is 45.6 Å². The topological polar surface area (TPSA) is 93.3 Å². The Balaban J connectivity index is 1.73. The highest BCUT2D eigenvalue weighted by molar-refractivity contribution is 7.89. The van der Waals surface area contributed by atoms with Gasteiger partial charge in [0.1, 0.15) is 12.0 Å². The Hall–Kier alpha value is -3.49. The third-order valence-corrected chi connectivity index (χ3v) is 8.07. The van der Waals surface area contributed by atoms with Crippen LogP contribution in [0, 0.1) is 5.92 Å². The molecule has 5 rings (SSSR count). The number of fused-ring (bicyclic) bond motifs is 1. The van der Waals surface area contributed by atoms with Gasteiger partial charge >= 0.3 is 5.97 Å². The van der Waals surface area contributed by atoms with E-state index in [-0.39, 0.29) is 11.5 Å². The lowest BCUT2D eigenvalue weighted by Gasteiger charge is -2.38. The maximum atomic E-state index is 14.1. The Labute approximate surface area is 198 Å². The first-order chi connectivity index (χ1) is 16.4. The molecule has 0 aromatic heterocycles. The molecule has 1 amide bonds. The monoisotopic (exact) mass is 477 g/mol. The fourth-order valence-electron chi connectivity index (χ4n) is 4.79. The average Bonchev–Trinajstić information content (AvgIpc) is 3.60. The van der Waals surface area contributed by atoms with Crippen molar-refractivity contribution in [2.24, 2.45) is 5.92 Å². The summed E-state index contributed by atoms with van der Waals surface area (Å²) in [4.78, 5) is 27.2. The van der Waals surface area contributed by atoms with Crippen molar-refractivity contribution in [1.82, 2.24) is 4.31 Å². The van der Waals surface area contributed by atoms with E-state index in [0.717, 1.165) is 4.31 Å². The summed E-state index contributed by atoms with van der Waals surface area (Å²) in [5, 5.41) is 0. The van der Waals surface area contributed by atoms with Gasteiger partial charge in [-0.2, -0.15) is 4.31 Å². The first kappa shape index (κ1) is 22.3. The van der Waals surface area contributed by atoms with Gasteiger partial charge in [0, 0.05) is 5.56 Å². The zero-order valence-electron chi connectivity index (χ0n) is 18.4. The number of amides is 1. The second kappa shape index (κ2) is 8.38. The molecule has 0 aliphatic carbocycles. The highest BCUT2D eigenvalue weighted by Gasteiger charge is 2.76. The number of hydrogen-bond donors (Lipinski definition) is 0. The second-order valence-corrected chi connectivity index (χ2v) is 9.97. The van der Waals surface area contributed by atoms with Crippen LogP contribution in [0.25, 0.3) is 0 Å². The van der Waals surface area contributed by atoms with Crippen LogP contribution in [0.2, 0.25) is 0 Å². The number of carbonyl (C=O) groups is 2. The van der Waals surface area contributed by atoms with Crippen LogP contribution >= 0.6 is 0 Å². The number of piperidine rings is 1. The summed E-state index contributed by atoms with van der Waals surface area (Å²) in [7, 11) is -4.32. The molecule has 7 nitrogen and oxygen atoms in total. The lowest BCUT2D eigenvalue weighted by atomic mass is 9.77. The van der Waals surface area contributed by atoms with Crippen molar-refractivity contribution < 1.29 is 27.5 Å². The van der Waals surface area contributed by atoms with Crippen LogP contribution in [0.5, 0.6) is 0 Å². The van der Waals surface area contributed by atoms with Gasteiger partial charge in [0.05, 0.1) is 17.4 Å². The quantitative estimate of drug-likeness (QED) is 0.399. The maximum Gasteiger partial charge on any atom is 0.312 e. The molecular formula is C26H23NO6S. The molecule has 2 saturated heterocycles. The van der Waals surface area contributed by atoms with Gasteiger partial charge in [-0.25, -0.2) is 8.42 Å². The molecule has 2 aliphatic heterocycles. The Bertz CT molecular complexity index is 1310. The van der Waals surface area contributed by atoms with E-state index in [9.17, 15) is 18.0 Å². The summed E-state index contributed by atoms with van der Waals surface area (Å²) < 4.78 is 40.1. The molecule has 0 unspecified atom stereocenters. The molecule has 4 atom stereocenters. The molecule has 2 heterocycles. The highest BCUT2D eigenvalue weighted by Crippen LogP contribution is 2.61. The average molecular weight is 478 g/mol. The van der Waals surface area contributed by atoms with Gasteiger partial charge in [-0.1, -0.05) is 78.9 Å². The van der Waals surface area contributed by atoms with Crippen molar-refractivity contribution >= 4 is 21.9 Å². The lowest BCUT2D eigenvalue weighted by Crippen LogP contribution is -2.56. The van der Waals surface area contributed by atoms with E-state index >= 15 is 0 Å². The summed E-state index contributed by atoms with van der Waals surface area (Å²) in [5.74, 6) is -3.41. The van der Waals surface area contributed by atoms with Crippen LogP contribution in [0.1, 0.15) is 24.0 Å². The third kappa shape index (κ3) is 3.33. The Morgan fingerprint density at radius 3 is 2.09 bits per heavy atom. The molecule has 0 spiro atoms. The second-order valence-electron chi connectivity index (χ2n) is 8.19. The molecule has 0 radical (unpaired) electrons. The van der Waals surface area contributed by atoms with Crippen molar-refractivity contribution in [3.63, 3.8) is 0 Å². The summed E-state index contributed by atoms with van der Waals surface area (Å²) in [6, 6.07) is 25.1. The van der Waals surface area contributed by atoms with E-state index in [2.05, 4.69) is 0 Å². The highest BCUT2D eigenvalue weighted by atomic mass is 32.2. The van der Waals surface area contributed by atoms with Crippen LogP contribution in [0.4, 0.5) is 0 Å². The minimum atomic E-state index is -4.32. The number of carbonyl (C=O) groups excluding carboxylic acids is 2. The predicted octanol–water partition coefficient (Wildman–Crippen LogP) is 3.43. The Kier molecular flexibility index (Phi) is 5.50. The molecular weight excluding hydrogens is 454 g/mol. The van der Waals surface area contributed by atoms with Gasteiger partial charge in [0.15, 0.2) is 0 Å². The van der Waals surface area contributed by atoms with Gasteiger partial charge in [-0.3, -0.25) is 9.59 Å². The van der Waals surface area contributed by atoms with Crippen molar-refractivity contribution in [2.75, 3.05) is 6.61 Å². The molecule has 0 bridgehead atoms. The first-order valence-corrected chi connectivity index (χ1v) is 12.5. The minimum Gasteiger partial charge on any atom is -0.466 e. The van der Waals surface area contributed by atoms with Gasteiger partial charge in [0.2, 0.25) is 11.6 Å². The lowest BCUT2D eigenvalue weighted by molar-refractivity contribution is -0.154. The summed E-state index contributed by atoms with van der Waals surface area (Å²) in [6.45, 7) is 1.81.